The third-order valence-corrected chi connectivity index (χ3v) is 4.41. The van der Waals surface area contributed by atoms with Gasteiger partial charge in [-0.2, -0.15) is 0 Å². The van der Waals surface area contributed by atoms with E-state index in [1.54, 1.807) is 6.07 Å². The van der Waals surface area contributed by atoms with Crippen LogP contribution in [-0.4, -0.2) is 22.8 Å². The number of carbonyl (C=O) groups excluding carboxylic acids is 2. The Hall–Kier alpha value is -2.69. The first-order chi connectivity index (χ1) is 12.3. The van der Waals surface area contributed by atoms with E-state index in [0.717, 1.165) is 23.2 Å². The molecule has 0 aliphatic rings. The van der Waals surface area contributed by atoms with Crippen LogP contribution in [0.1, 0.15) is 72.0 Å². The molecule has 1 unspecified atom stereocenters. The average molecular weight is 353 g/mol. The third-order valence-electron chi connectivity index (χ3n) is 4.41. The highest BCUT2D eigenvalue weighted by atomic mass is 16.2. The summed E-state index contributed by atoms with van der Waals surface area (Å²) in [5, 5.41) is 5.86. The Morgan fingerprint density at radius 2 is 1.85 bits per heavy atom. The zero-order chi connectivity index (χ0) is 19.3. The van der Waals surface area contributed by atoms with Crippen molar-refractivity contribution in [3.8, 4) is 0 Å². The number of rotatable bonds is 6. The van der Waals surface area contributed by atoms with Crippen molar-refractivity contribution >= 4 is 17.5 Å². The van der Waals surface area contributed by atoms with Crippen molar-refractivity contribution in [2.24, 2.45) is 0 Å². The van der Waals surface area contributed by atoms with Gasteiger partial charge in [-0.05, 0) is 49.4 Å². The van der Waals surface area contributed by atoms with Crippen molar-refractivity contribution in [1.82, 2.24) is 10.3 Å². The van der Waals surface area contributed by atoms with E-state index in [0.29, 0.717) is 11.5 Å². The van der Waals surface area contributed by atoms with Crippen molar-refractivity contribution < 1.29 is 9.59 Å². The summed E-state index contributed by atoms with van der Waals surface area (Å²) in [6.45, 7) is 10.1. The quantitative estimate of drug-likeness (QED) is 0.813. The summed E-state index contributed by atoms with van der Waals surface area (Å²) in [7, 11) is 0. The zero-order valence-corrected chi connectivity index (χ0v) is 16.1. The van der Waals surface area contributed by atoms with Gasteiger partial charge in [0.15, 0.2) is 0 Å². The molecule has 1 atom stereocenters. The van der Waals surface area contributed by atoms with E-state index in [1.165, 1.54) is 12.3 Å². The van der Waals surface area contributed by atoms with Crippen molar-refractivity contribution in [1.29, 1.82) is 0 Å². The molecule has 0 fully saturated rings. The van der Waals surface area contributed by atoms with Gasteiger partial charge >= 0.3 is 0 Å². The maximum Gasteiger partial charge on any atom is 0.270 e. The SMILES string of the molecule is CCC(C)NC(=O)c1cc(C(=O)Nc2c(C)cccc2C(C)C)ccn1. The lowest BCUT2D eigenvalue weighted by Crippen LogP contribution is -2.32. The number of nitrogens with zero attached hydrogens (tertiary/aromatic N) is 1. The summed E-state index contributed by atoms with van der Waals surface area (Å²) >= 11 is 0. The van der Waals surface area contributed by atoms with Gasteiger partial charge in [0.2, 0.25) is 0 Å². The molecule has 0 saturated heterocycles. The molecule has 1 aromatic carbocycles. The summed E-state index contributed by atoms with van der Waals surface area (Å²) in [6.07, 6.45) is 2.32. The van der Waals surface area contributed by atoms with Crippen molar-refractivity contribution in [3.05, 3.63) is 58.9 Å². The number of anilines is 1. The van der Waals surface area contributed by atoms with Crippen LogP contribution < -0.4 is 10.6 Å². The van der Waals surface area contributed by atoms with Crippen molar-refractivity contribution in [2.45, 2.75) is 53.0 Å². The zero-order valence-electron chi connectivity index (χ0n) is 16.1. The molecule has 0 aliphatic heterocycles. The number of benzene rings is 1. The predicted octanol–water partition coefficient (Wildman–Crippen LogP) is 4.29. The number of para-hydroxylation sites is 1. The van der Waals surface area contributed by atoms with Crippen molar-refractivity contribution in [2.75, 3.05) is 5.32 Å². The highest BCUT2D eigenvalue weighted by Gasteiger charge is 2.16. The number of hydrogen-bond acceptors (Lipinski definition) is 3. The maximum absolute atomic E-state index is 12.7. The van der Waals surface area contributed by atoms with Crippen LogP contribution in [-0.2, 0) is 0 Å². The summed E-state index contributed by atoms with van der Waals surface area (Å²) in [5.74, 6) is -0.228. The average Bonchev–Trinajstić information content (AvgIpc) is 2.62. The molecular weight excluding hydrogens is 326 g/mol. The van der Waals surface area contributed by atoms with Crippen LogP contribution in [0, 0.1) is 6.92 Å². The maximum atomic E-state index is 12.7. The number of aromatic nitrogens is 1. The van der Waals surface area contributed by atoms with Gasteiger partial charge in [-0.1, -0.05) is 39.0 Å². The minimum absolute atomic E-state index is 0.0577. The van der Waals surface area contributed by atoms with Crippen molar-refractivity contribution in [3.63, 3.8) is 0 Å². The van der Waals surface area contributed by atoms with E-state index in [2.05, 4.69) is 29.5 Å². The van der Waals surface area contributed by atoms with Crippen LogP contribution in [0.5, 0.6) is 0 Å². The molecule has 0 spiro atoms. The Kier molecular flexibility index (Phi) is 6.50. The molecule has 26 heavy (non-hydrogen) atoms. The van der Waals surface area contributed by atoms with E-state index in [4.69, 9.17) is 0 Å². The molecular formula is C21H27N3O2. The number of amides is 2. The number of carbonyl (C=O) groups is 2. The second-order valence-electron chi connectivity index (χ2n) is 6.86. The van der Waals surface area contributed by atoms with Crippen LogP contribution in [0.15, 0.2) is 36.5 Å². The minimum Gasteiger partial charge on any atom is -0.348 e. The monoisotopic (exact) mass is 353 g/mol. The van der Waals surface area contributed by atoms with E-state index < -0.39 is 0 Å². The molecule has 1 aromatic heterocycles. The molecule has 0 aliphatic carbocycles. The largest absolute Gasteiger partial charge is 0.348 e. The summed E-state index contributed by atoms with van der Waals surface area (Å²) < 4.78 is 0. The molecule has 0 radical (unpaired) electrons. The van der Waals surface area contributed by atoms with Gasteiger partial charge in [0, 0.05) is 23.5 Å². The lowest BCUT2D eigenvalue weighted by Gasteiger charge is -2.16. The highest BCUT2D eigenvalue weighted by molar-refractivity contribution is 6.06. The van der Waals surface area contributed by atoms with Crippen LogP contribution in [0.25, 0.3) is 0 Å². The second kappa shape index (κ2) is 8.61. The number of pyridine rings is 1. The molecule has 2 amide bonds. The van der Waals surface area contributed by atoms with Gasteiger partial charge in [-0.3, -0.25) is 14.6 Å². The topological polar surface area (TPSA) is 71.1 Å². The first kappa shape index (κ1) is 19.6. The molecule has 5 nitrogen and oxygen atoms in total. The lowest BCUT2D eigenvalue weighted by molar-refractivity contribution is 0.0934. The van der Waals surface area contributed by atoms with Gasteiger partial charge < -0.3 is 10.6 Å². The van der Waals surface area contributed by atoms with Gasteiger partial charge in [0.1, 0.15) is 5.69 Å². The van der Waals surface area contributed by atoms with Crippen LogP contribution >= 0.6 is 0 Å². The molecule has 2 aromatic rings. The Bertz CT molecular complexity index is 800. The normalized spacial score (nSPS) is 11.9. The minimum atomic E-state index is -0.271. The first-order valence-corrected chi connectivity index (χ1v) is 9.01. The Labute approximate surface area is 155 Å². The van der Waals surface area contributed by atoms with E-state index in [1.807, 2.05) is 39.0 Å². The van der Waals surface area contributed by atoms with E-state index in [9.17, 15) is 9.59 Å². The molecule has 138 valence electrons. The Balaban J connectivity index is 2.24. The van der Waals surface area contributed by atoms with Gasteiger partial charge in [-0.15, -0.1) is 0 Å². The molecule has 2 rings (SSSR count). The van der Waals surface area contributed by atoms with Gasteiger partial charge in [0.05, 0.1) is 0 Å². The fourth-order valence-electron chi connectivity index (χ4n) is 2.62. The molecule has 2 N–H and O–H groups in total. The molecule has 1 heterocycles. The number of nitrogens with one attached hydrogen (secondary N) is 2. The summed E-state index contributed by atoms with van der Waals surface area (Å²) in [5.41, 5.74) is 3.57. The Morgan fingerprint density at radius 1 is 1.12 bits per heavy atom. The second-order valence-corrected chi connectivity index (χ2v) is 6.86. The van der Waals surface area contributed by atoms with Crippen LogP contribution in [0.4, 0.5) is 5.69 Å². The first-order valence-electron chi connectivity index (χ1n) is 9.01. The fraction of sp³-hybridized carbons (Fsp3) is 0.381. The smallest absolute Gasteiger partial charge is 0.270 e. The summed E-state index contributed by atoms with van der Waals surface area (Å²) in [6, 6.07) is 9.18. The molecule has 5 heteroatoms. The standard InChI is InChI=1S/C21H27N3O2/c1-6-15(5)23-21(26)18-12-16(10-11-22-18)20(25)24-19-14(4)8-7-9-17(19)13(2)3/h7-13,15H,6H2,1-5H3,(H,23,26)(H,24,25). The van der Waals surface area contributed by atoms with E-state index >= 15 is 0 Å². The predicted molar refractivity (Wildman–Crippen MR) is 105 cm³/mol. The van der Waals surface area contributed by atoms with Crippen LogP contribution in [0.2, 0.25) is 0 Å². The Morgan fingerprint density at radius 3 is 2.50 bits per heavy atom. The number of aryl methyl sites for hydroxylation is 1. The number of hydrogen-bond donors (Lipinski definition) is 2. The fourth-order valence-corrected chi connectivity index (χ4v) is 2.62. The lowest BCUT2D eigenvalue weighted by atomic mass is 9.98. The summed E-state index contributed by atoms with van der Waals surface area (Å²) in [4.78, 5) is 29.1. The molecule has 0 bridgehead atoms. The molecule has 0 saturated carbocycles. The highest BCUT2D eigenvalue weighted by Crippen LogP contribution is 2.27. The van der Waals surface area contributed by atoms with Gasteiger partial charge in [0.25, 0.3) is 11.8 Å². The van der Waals surface area contributed by atoms with Crippen LogP contribution in [0.3, 0.4) is 0 Å². The van der Waals surface area contributed by atoms with E-state index in [-0.39, 0.29) is 23.6 Å². The van der Waals surface area contributed by atoms with Gasteiger partial charge in [-0.25, -0.2) is 0 Å². The third kappa shape index (κ3) is 4.69.